The highest BCUT2D eigenvalue weighted by atomic mass is 35.5. The van der Waals surface area contributed by atoms with Gasteiger partial charge < -0.3 is 11.5 Å². The fourth-order valence-corrected chi connectivity index (χ4v) is 4.40. The van der Waals surface area contributed by atoms with Crippen molar-refractivity contribution in [3.05, 3.63) is 155 Å². The molecule has 0 fully saturated rings. The number of benzene rings is 4. The third-order valence-electron chi connectivity index (χ3n) is 7.25. The standard InChI is InChI=1S/C22H20O4.C12H12O3.C6H8N2.C3H3ClO/c1-4-21(25)9-16-6-5-7-17(8-16)10-22(26)20-12-18(14(2)23)11-19(13-20)15(3)24;1-7(13)10-4-11(8(2)14)6-12(5-10)9(3)15;7-5-2-1-3-6(8)4-5;1-2-3(4)5/h4-8,11-13H,1,9-10H2,2-3H3;4-6H,1-3H3;1-4H,7-8H2;2H,1H2. The number of allylic oxidation sites excluding steroid dienone is 2. The number of nitrogens with two attached hydrogens (primary N) is 2. The quantitative estimate of drug-likeness (QED) is 0.0623. The normalized spacial score (nSPS) is 9.59. The Morgan fingerprint density at radius 2 is 0.815 bits per heavy atom. The van der Waals surface area contributed by atoms with Crippen molar-refractivity contribution in [1.82, 2.24) is 0 Å². The van der Waals surface area contributed by atoms with Crippen LogP contribution < -0.4 is 11.5 Å². The number of halogens is 1. The first-order chi connectivity index (χ1) is 25.3. The van der Waals surface area contributed by atoms with Crippen LogP contribution in [0, 0.1) is 0 Å². The molecule has 0 aliphatic rings. The summed E-state index contributed by atoms with van der Waals surface area (Å²) in [4.78, 5) is 90.4. The lowest BCUT2D eigenvalue weighted by atomic mass is 9.95. The summed E-state index contributed by atoms with van der Waals surface area (Å²) in [6, 6.07) is 23.4. The lowest BCUT2D eigenvalue weighted by molar-refractivity contribution is -0.114. The maximum Gasteiger partial charge on any atom is 0.244 e. The predicted octanol–water partition coefficient (Wildman–Crippen LogP) is 7.90. The summed E-state index contributed by atoms with van der Waals surface area (Å²) in [6.07, 6.45) is 2.67. The molecule has 0 heterocycles. The van der Waals surface area contributed by atoms with E-state index in [9.17, 15) is 38.4 Å². The molecule has 0 unspecified atom stereocenters. The molecule has 0 aliphatic heterocycles. The first kappa shape index (κ1) is 45.6. The van der Waals surface area contributed by atoms with Crippen LogP contribution in [0.5, 0.6) is 0 Å². The zero-order valence-electron chi connectivity index (χ0n) is 30.9. The molecule has 280 valence electrons. The number of anilines is 2. The number of carbonyl (C=O) groups excluding carboxylic acids is 8. The molecule has 0 aromatic heterocycles. The topological polar surface area (TPSA) is 189 Å². The molecule has 0 bridgehead atoms. The fourth-order valence-electron chi connectivity index (χ4n) is 4.40. The van der Waals surface area contributed by atoms with Gasteiger partial charge in [0, 0.05) is 57.6 Å². The number of carbonyl (C=O) groups is 8. The van der Waals surface area contributed by atoms with E-state index in [2.05, 4.69) is 13.2 Å². The Morgan fingerprint density at radius 3 is 1.09 bits per heavy atom. The summed E-state index contributed by atoms with van der Waals surface area (Å²) in [5, 5.41) is -0.509. The van der Waals surface area contributed by atoms with Crippen molar-refractivity contribution in [2.75, 3.05) is 11.5 Å². The maximum atomic E-state index is 12.6. The number of hydrogen-bond donors (Lipinski definition) is 2. The van der Waals surface area contributed by atoms with Crippen LogP contribution in [0.15, 0.2) is 110 Å². The van der Waals surface area contributed by atoms with Crippen LogP contribution in [-0.2, 0) is 22.4 Å². The molecule has 10 nitrogen and oxygen atoms in total. The zero-order valence-corrected chi connectivity index (χ0v) is 31.6. The monoisotopic (exact) mass is 750 g/mol. The lowest BCUT2D eigenvalue weighted by Gasteiger charge is -2.07. The van der Waals surface area contributed by atoms with Crippen LogP contribution >= 0.6 is 11.6 Å². The van der Waals surface area contributed by atoms with Crippen molar-refractivity contribution in [3.8, 4) is 0 Å². The minimum Gasteiger partial charge on any atom is -0.399 e. The van der Waals surface area contributed by atoms with Crippen molar-refractivity contribution in [3.63, 3.8) is 0 Å². The van der Waals surface area contributed by atoms with Crippen LogP contribution in [-0.4, -0.2) is 45.7 Å². The van der Waals surface area contributed by atoms with E-state index in [1.807, 2.05) is 12.1 Å². The Kier molecular flexibility index (Phi) is 19.0. The minimum absolute atomic E-state index is 0.0891. The number of ketones is 7. The molecule has 0 radical (unpaired) electrons. The van der Waals surface area contributed by atoms with Gasteiger partial charge in [0.15, 0.2) is 40.5 Å². The van der Waals surface area contributed by atoms with Gasteiger partial charge in [-0.1, -0.05) is 43.5 Å². The summed E-state index contributed by atoms with van der Waals surface area (Å²) in [5.41, 5.74) is 16.0. The number of Topliss-reactive ketones (excluding diaryl/α,β-unsaturated/α-hetero) is 6. The molecule has 0 saturated carbocycles. The molecule has 54 heavy (non-hydrogen) atoms. The highest BCUT2D eigenvalue weighted by molar-refractivity contribution is 6.66. The Hall–Kier alpha value is -6.39. The third-order valence-corrected chi connectivity index (χ3v) is 7.41. The molecule has 0 atom stereocenters. The van der Waals surface area contributed by atoms with E-state index in [4.69, 9.17) is 23.1 Å². The van der Waals surface area contributed by atoms with E-state index in [0.717, 1.165) is 17.2 Å². The zero-order chi connectivity index (χ0) is 41.1. The van der Waals surface area contributed by atoms with Gasteiger partial charge in [-0.2, -0.15) is 0 Å². The van der Waals surface area contributed by atoms with Gasteiger partial charge in [-0.15, -0.1) is 0 Å². The van der Waals surface area contributed by atoms with Gasteiger partial charge in [-0.25, -0.2) is 0 Å². The lowest BCUT2D eigenvalue weighted by Crippen LogP contribution is -2.08. The summed E-state index contributed by atoms with van der Waals surface area (Å²) in [5.74, 6) is -1.14. The van der Waals surface area contributed by atoms with Crippen molar-refractivity contribution >= 4 is 68.7 Å². The van der Waals surface area contributed by atoms with Crippen molar-refractivity contribution in [2.45, 2.75) is 47.5 Å². The van der Waals surface area contributed by atoms with Crippen LogP contribution in [0.4, 0.5) is 11.4 Å². The van der Waals surface area contributed by atoms with E-state index in [1.165, 1.54) is 77.1 Å². The molecule has 4 N–H and O–H groups in total. The van der Waals surface area contributed by atoms with Crippen LogP contribution in [0.3, 0.4) is 0 Å². The average Bonchev–Trinajstić information content (AvgIpc) is 3.11. The highest BCUT2D eigenvalue weighted by Gasteiger charge is 2.14. The molecule has 0 amide bonds. The van der Waals surface area contributed by atoms with Gasteiger partial charge in [-0.3, -0.25) is 38.4 Å². The van der Waals surface area contributed by atoms with Crippen molar-refractivity contribution in [2.24, 2.45) is 0 Å². The van der Waals surface area contributed by atoms with E-state index in [1.54, 1.807) is 36.4 Å². The Bertz CT molecular complexity index is 1970. The smallest absolute Gasteiger partial charge is 0.244 e. The van der Waals surface area contributed by atoms with E-state index in [0.29, 0.717) is 44.8 Å². The van der Waals surface area contributed by atoms with E-state index in [-0.39, 0.29) is 53.3 Å². The second kappa shape index (κ2) is 22.5. The Morgan fingerprint density at radius 1 is 0.500 bits per heavy atom. The molecule has 11 heteroatoms. The molecular weight excluding hydrogens is 708 g/mol. The van der Waals surface area contributed by atoms with Gasteiger partial charge >= 0.3 is 0 Å². The maximum absolute atomic E-state index is 12.6. The molecule has 4 aromatic carbocycles. The summed E-state index contributed by atoms with van der Waals surface area (Å²) >= 11 is 4.71. The SMILES string of the molecule is C=CC(=O)Cc1cccc(CC(=O)c2cc(C(C)=O)cc(C(C)=O)c2)c1.C=CC(=O)Cl.CC(=O)c1cc(C(C)=O)cc(C(C)=O)c1.Nc1cccc(N)c1. The second-order valence-electron chi connectivity index (χ2n) is 11.8. The molecular formula is C43H43ClN2O8. The third kappa shape index (κ3) is 16.8. The molecule has 0 aliphatic carbocycles. The van der Waals surface area contributed by atoms with E-state index < -0.39 is 5.24 Å². The average molecular weight is 751 g/mol. The molecule has 4 aromatic rings. The van der Waals surface area contributed by atoms with Gasteiger partial charge in [-0.05, 0) is 124 Å². The Labute approximate surface area is 319 Å². The first-order valence-electron chi connectivity index (χ1n) is 16.3. The summed E-state index contributed by atoms with van der Waals surface area (Å²) < 4.78 is 0. The van der Waals surface area contributed by atoms with Crippen molar-refractivity contribution in [1.29, 1.82) is 0 Å². The first-order valence-corrected chi connectivity index (χ1v) is 16.7. The van der Waals surface area contributed by atoms with Crippen LogP contribution in [0.1, 0.15) is 108 Å². The Balaban J connectivity index is 0.000000433. The van der Waals surface area contributed by atoms with Gasteiger partial charge in [0.25, 0.3) is 0 Å². The van der Waals surface area contributed by atoms with Gasteiger partial charge in [0.05, 0.1) is 0 Å². The van der Waals surface area contributed by atoms with Gasteiger partial charge in [0.1, 0.15) is 0 Å². The molecule has 0 spiro atoms. The highest BCUT2D eigenvalue weighted by Crippen LogP contribution is 2.17. The number of hydrogen-bond acceptors (Lipinski definition) is 10. The predicted molar refractivity (Wildman–Crippen MR) is 213 cm³/mol. The minimum atomic E-state index is -0.509. The van der Waals surface area contributed by atoms with Crippen LogP contribution in [0.25, 0.3) is 0 Å². The summed E-state index contributed by atoms with van der Waals surface area (Å²) in [6.45, 7) is 13.5. The van der Waals surface area contributed by atoms with Crippen LogP contribution in [0.2, 0.25) is 0 Å². The second-order valence-corrected chi connectivity index (χ2v) is 12.2. The van der Waals surface area contributed by atoms with E-state index >= 15 is 0 Å². The largest absolute Gasteiger partial charge is 0.399 e. The van der Waals surface area contributed by atoms with Gasteiger partial charge in [0.2, 0.25) is 5.24 Å². The number of rotatable bonds is 12. The summed E-state index contributed by atoms with van der Waals surface area (Å²) in [7, 11) is 0. The number of nitrogen functional groups attached to an aromatic ring is 2. The molecule has 4 rings (SSSR count). The van der Waals surface area contributed by atoms with Crippen molar-refractivity contribution < 1.29 is 38.4 Å². The fraction of sp³-hybridized carbons (Fsp3) is 0.163. The molecule has 0 saturated heterocycles.